The number of sulfonamides is 1. The minimum atomic E-state index is -3.30. The van der Waals surface area contributed by atoms with Gasteiger partial charge in [-0.3, -0.25) is 4.72 Å². The smallest absolute Gasteiger partial charge is 0.232 e. The number of aryl methyl sites for hydroxylation is 1. The van der Waals surface area contributed by atoms with Gasteiger partial charge in [-0.1, -0.05) is 17.7 Å². The molecule has 1 rings (SSSR count). The van der Waals surface area contributed by atoms with E-state index in [0.717, 1.165) is 5.56 Å². The summed E-state index contributed by atoms with van der Waals surface area (Å²) in [4.78, 5) is 0. The normalized spacial score (nSPS) is 11.5. The van der Waals surface area contributed by atoms with Gasteiger partial charge in [-0.05, 0) is 37.5 Å². The van der Waals surface area contributed by atoms with Crippen LogP contribution in [-0.4, -0.2) is 20.1 Å². The van der Waals surface area contributed by atoms with E-state index >= 15 is 0 Å². The lowest BCUT2D eigenvalue weighted by atomic mass is 10.2. The van der Waals surface area contributed by atoms with E-state index in [4.69, 9.17) is 23.2 Å². The van der Waals surface area contributed by atoms with Crippen LogP contribution in [0.3, 0.4) is 0 Å². The first-order valence-corrected chi connectivity index (χ1v) is 7.84. The van der Waals surface area contributed by atoms with Crippen molar-refractivity contribution in [2.45, 2.75) is 19.8 Å². The summed E-state index contributed by atoms with van der Waals surface area (Å²) in [5.74, 6) is 0.553. The number of hydrogen-bond donors (Lipinski definition) is 1. The zero-order valence-corrected chi connectivity index (χ0v) is 11.9. The van der Waals surface area contributed by atoms with Gasteiger partial charge in [-0.2, -0.15) is 0 Å². The minimum Gasteiger partial charge on any atom is -0.284 e. The lowest BCUT2D eigenvalue weighted by Crippen LogP contribution is -2.16. The molecule has 0 spiro atoms. The molecule has 0 bridgehead atoms. The number of rotatable bonds is 6. The van der Waals surface area contributed by atoms with E-state index in [-0.39, 0.29) is 5.75 Å². The molecule has 0 heterocycles. The molecular weight excluding hydrogens is 281 g/mol. The van der Waals surface area contributed by atoms with Crippen molar-refractivity contribution in [2.75, 3.05) is 16.4 Å². The van der Waals surface area contributed by atoms with Crippen molar-refractivity contribution in [2.24, 2.45) is 0 Å². The monoisotopic (exact) mass is 295 g/mol. The molecule has 0 amide bonds. The molecule has 0 unspecified atom stereocenters. The predicted molar refractivity (Wildman–Crippen MR) is 73.6 cm³/mol. The quantitative estimate of drug-likeness (QED) is 0.646. The summed E-state index contributed by atoms with van der Waals surface area (Å²) in [6, 6.07) is 5.08. The van der Waals surface area contributed by atoms with Gasteiger partial charge in [0, 0.05) is 16.6 Å². The van der Waals surface area contributed by atoms with Gasteiger partial charge < -0.3 is 0 Å². The third kappa shape index (κ3) is 5.15. The number of unbranched alkanes of at least 4 members (excludes halogenated alkanes) is 1. The number of nitrogens with one attached hydrogen (secondary N) is 1. The zero-order chi connectivity index (χ0) is 12.9. The fourth-order valence-electron chi connectivity index (χ4n) is 1.27. The Morgan fingerprint density at radius 2 is 2.00 bits per heavy atom. The summed E-state index contributed by atoms with van der Waals surface area (Å²) < 4.78 is 25.8. The summed E-state index contributed by atoms with van der Waals surface area (Å²) in [5, 5.41) is 0.547. The first-order chi connectivity index (χ1) is 7.94. The third-order valence-electron chi connectivity index (χ3n) is 2.24. The van der Waals surface area contributed by atoms with Gasteiger partial charge in [0.2, 0.25) is 10.0 Å². The first kappa shape index (κ1) is 14.6. The van der Waals surface area contributed by atoms with Gasteiger partial charge >= 0.3 is 0 Å². The predicted octanol–water partition coefficient (Wildman–Crippen LogP) is 3.41. The standard InChI is InChI=1S/C11H15Cl2NO2S/c1-9-4-5-10(8-11(9)13)14-17(15,16)7-3-2-6-12/h4-5,8,14H,2-3,6-7H2,1H3. The van der Waals surface area contributed by atoms with Crippen LogP contribution < -0.4 is 4.72 Å². The van der Waals surface area contributed by atoms with E-state index in [2.05, 4.69) is 4.72 Å². The van der Waals surface area contributed by atoms with Crippen LogP contribution in [0.15, 0.2) is 18.2 Å². The van der Waals surface area contributed by atoms with Crippen molar-refractivity contribution in [3.05, 3.63) is 28.8 Å². The summed E-state index contributed by atoms with van der Waals surface area (Å²) in [5.41, 5.74) is 1.41. The topological polar surface area (TPSA) is 46.2 Å². The first-order valence-electron chi connectivity index (χ1n) is 5.27. The number of benzene rings is 1. The van der Waals surface area contributed by atoms with E-state index in [1.165, 1.54) is 0 Å². The van der Waals surface area contributed by atoms with Crippen LogP contribution in [0.2, 0.25) is 5.02 Å². The molecule has 0 fully saturated rings. The van der Waals surface area contributed by atoms with Crippen molar-refractivity contribution in [3.8, 4) is 0 Å². The van der Waals surface area contributed by atoms with Crippen LogP contribution in [0.5, 0.6) is 0 Å². The molecule has 0 saturated carbocycles. The summed E-state index contributed by atoms with van der Waals surface area (Å²) in [6.45, 7) is 1.86. The maximum absolute atomic E-state index is 11.7. The van der Waals surface area contributed by atoms with Crippen LogP contribution in [0.4, 0.5) is 5.69 Å². The van der Waals surface area contributed by atoms with Crippen molar-refractivity contribution in [3.63, 3.8) is 0 Å². The van der Waals surface area contributed by atoms with Crippen LogP contribution in [-0.2, 0) is 10.0 Å². The molecule has 1 aromatic rings. The molecule has 1 aromatic carbocycles. The molecule has 0 radical (unpaired) electrons. The van der Waals surface area contributed by atoms with Gasteiger partial charge in [0.05, 0.1) is 5.75 Å². The Bertz CT molecular complexity index is 474. The van der Waals surface area contributed by atoms with E-state index in [1.54, 1.807) is 18.2 Å². The van der Waals surface area contributed by atoms with Crippen LogP contribution in [0.25, 0.3) is 0 Å². The molecular formula is C11H15Cl2NO2S. The Hall–Kier alpha value is -0.450. The van der Waals surface area contributed by atoms with Gasteiger partial charge in [0.15, 0.2) is 0 Å². The number of halogens is 2. The summed E-state index contributed by atoms with van der Waals surface area (Å²) in [7, 11) is -3.30. The Morgan fingerprint density at radius 1 is 1.29 bits per heavy atom. The Balaban J connectivity index is 2.66. The molecule has 0 atom stereocenters. The van der Waals surface area contributed by atoms with Crippen molar-refractivity contribution in [1.29, 1.82) is 0 Å². The van der Waals surface area contributed by atoms with Crippen LogP contribution >= 0.6 is 23.2 Å². The minimum absolute atomic E-state index is 0.0746. The average Bonchev–Trinajstić information content (AvgIpc) is 2.23. The van der Waals surface area contributed by atoms with Crippen LogP contribution in [0, 0.1) is 6.92 Å². The molecule has 0 aliphatic carbocycles. The van der Waals surface area contributed by atoms with E-state index in [0.29, 0.717) is 29.4 Å². The SMILES string of the molecule is Cc1ccc(NS(=O)(=O)CCCCCl)cc1Cl. The molecule has 1 N–H and O–H groups in total. The van der Waals surface area contributed by atoms with Gasteiger partial charge in [0.25, 0.3) is 0 Å². The molecule has 0 aromatic heterocycles. The summed E-state index contributed by atoms with van der Waals surface area (Å²) >= 11 is 11.4. The van der Waals surface area contributed by atoms with E-state index in [1.807, 2.05) is 6.92 Å². The maximum Gasteiger partial charge on any atom is 0.232 e. The van der Waals surface area contributed by atoms with Crippen LogP contribution in [0.1, 0.15) is 18.4 Å². The van der Waals surface area contributed by atoms with Gasteiger partial charge in [-0.15, -0.1) is 11.6 Å². The summed E-state index contributed by atoms with van der Waals surface area (Å²) in [6.07, 6.45) is 1.25. The maximum atomic E-state index is 11.7. The lowest BCUT2D eigenvalue weighted by molar-refractivity contribution is 0.598. The highest BCUT2D eigenvalue weighted by Crippen LogP contribution is 2.20. The zero-order valence-electron chi connectivity index (χ0n) is 9.54. The third-order valence-corrected chi connectivity index (χ3v) is 4.29. The van der Waals surface area contributed by atoms with E-state index in [9.17, 15) is 8.42 Å². The van der Waals surface area contributed by atoms with Crippen molar-refractivity contribution < 1.29 is 8.42 Å². The number of hydrogen-bond acceptors (Lipinski definition) is 2. The Labute approximate surface area is 112 Å². The second kappa shape index (κ2) is 6.47. The molecule has 17 heavy (non-hydrogen) atoms. The second-order valence-corrected chi connectivity index (χ2v) is 6.41. The molecule has 0 aliphatic heterocycles. The molecule has 6 heteroatoms. The molecule has 3 nitrogen and oxygen atoms in total. The highest BCUT2D eigenvalue weighted by atomic mass is 35.5. The highest BCUT2D eigenvalue weighted by Gasteiger charge is 2.10. The molecule has 0 saturated heterocycles. The number of alkyl halides is 1. The largest absolute Gasteiger partial charge is 0.284 e. The molecule has 0 aliphatic rings. The van der Waals surface area contributed by atoms with Gasteiger partial charge in [0.1, 0.15) is 0 Å². The fourth-order valence-corrected chi connectivity index (χ4v) is 2.82. The van der Waals surface area contributed by atoms with Gasteiger partial charge in [-0.25, -0.2) is 8.42 Å². The fraction of sp³-hybridized carbons (Fsp3) is 0.455. The van der Waals surface area contributed by atoms with Crippen molar-refractivity contribution in [1.82, 2.24) is 0 Å². The second-order valence-electron chi connectivity index (χ2n) is 3.78. The van der Waals surface area contributed by atoms with Crippen molar-refractivity contribution >= 4 is 38.9 Å². The average molecular weight is 296 g/mol. The highest BCUT2D eigenvalue weighted by molar-refractivity contribution is 7.92. The molecule has 96 valence electrons. The Kier molecular flexibility index (Phi) is 5.56. The lowest BCUT2D eigenvalue weighted by Gasteiger charge is -2.08. The number of anilines is 1. The van der Waals surface area contributed by atoms with E-state index < -0.39 is 10.0 Å². The Morgan fingerprint density at radius 3 is 2.59 bits per heavy atom.